The van der Waals surface area contributed by atoms with Gasteiger partial charge >= 0.3 is 0 Å². The third-order valence-corrected chi connectivity index (χ3v) is 4.57. The zero-order valence-corrected chi connectivity index (χ0v) is 15.8. The van der Waals surface area contributed by atoms with Gasteiger partial charge in [-0.05, 0) is 44.4 Å². The van der Waals surface area contributed by atoms with Crippen molar-refractivity contribution in [2.75, 3.05) is 0 Å². The number of aliphatic hydroxyl groups excluding tert-OH is 1. The van der Waals surface area contributed by atoms with E-state index in [-0.39, 0.29) is 11.9 Å². The van der Waals surface area contributed by atoms with E-state index in [1.807, 2.05) is 0 Å². The topological polar surface area (TPSA) is 66.0 Å². The molecule has 2 unspecified atom stereocenters. The number of hydrogen-bond donors (Lipinski definition) is 2. The standard InChI is InChI=1S/C10H12F2N2O.C9H20O/c1-5(15)9-7-3-2-6(10(11)12)4-8(7)13-14-9;1-4-5-9(10)7-6-8(2)3/h6,10H,2-4H2,1H3,(H,13,14);8-10H,4-7H2,1-3H3. The maximum Gasteiger partial charge on any atom is 0.241 e. The fourth-order valence-electron chi connectivity index (χ4n) is 3.04. The maximum atomic E-state index is 12.5. The minimum Gasteiger partial charge on any atom is -0.393 e. The average Bonchev–Trinajstić information content (AvgIpc) is 2.97. The zero-order chi connectivity index (χ0) is 19.0. The number of ketones is 1. The first-order chi connectivity index (χ1) is 11.8. The summed E-state index contributed by atoms with van der Waals surface area (Å²) in [7, 11) is 0. The minimum absolute atomic E-state index is 0.0487. The number of aromatic nitrogens is 2. The Morgan fingerprint density at radius 1 is 1.32 bits per heavy atom. The van der Waals surface area contributed by atoms with Gasteiger partial charge in [0.1, 0.15) is 5.69 Å². The van der Waals surface area contributed by atoms with Crippen molar-refractivity contribution in [1.29, 1.82) is 0 Å². The van der Waals surface area contributed by atoms with Gasteiger partial charge < -0.3 is 5.11 Å². The summed E-state index contributed by atoms with van der Waals surface area (Å²) in [5.74, 6) is 0.0206. The summed E-state index contributed by atoms with van der Waals surface area (Å²) in [6.45, 7) is 7.94. The Morgan fingerprint density at radius 3 is 2.52 bits per heavy atom. The predicted molar refractivity (Wildman–Crippen MR) is 95.1 cm³/mol. The molecule has 0 radical (unpaired) electrons. The molecule has 0 spiro atoms. The second kappa shape index (κ2) is 10.6. The van der Waals surface area contributed by atoms with Crippen LogP contribution in [0.25, 0.3) is 0 Å². The molecule has 0 fully saturated rings. The van der Waals surface area contributed by atoms with Gasteiger partial charge in [-0.3, -0.25) is 9.89 Å². The van der Waals surface area contributed by atoms with Gasteiger partial charge in [-0.25, -0.2) is 8.78 Å². The van der Waals surface area contributed by atoms with Crippen LogP contribution in [0.15, 0.2) is 0 Å². The third kappa shape index (κ3) is 7.22. The molecule has 1 heterocycles. The normalized spacial score (nSPS) is 17.9. The summed E-state index contributed by atoms with van der Waals surface area (Å²) in [5.41, 5.74) is 1.95. The lowest BCUT2D eigenvalue weighted by molar-refractivity contribution is 0.0689. The Kier molecular flexibility index (Phi) is 9.25. The summed E-state index contributed by atoms with van der Waals surface area (Å²) in [5, 5.41) is 15.9. The molecular formula is C19H32F2N2O2. The van der Waals surface area contributed by atoms with Crippen LogP contribution in [0.2, 0.25) is 0 Å². The van der Waals surface area contributed by atoms with Crippen LogP contribution >= 0.6 is 0 Å². The molecule has 25 heavy (non-hydrogen) atoms. The molecule has 0 bridgehead atoms. The number of carbonyl (C=O) groups excluding carboxylic acids is 1. The van der Waals surface area contributed by atoms with E-state index >= 15 is 0 Å². The van der Waals surface area contributed by atoms with Crippen molar-refractivity contribution in [1.82, 2.24) is 10.2 Å². The molecule has 6 heteroatoms. The Hall–Kier alpha value is -1.30. The highest BCUT2D eigenvalue weighted by Crippen LogP contribution is 2.30. The van der Waals surface area contributed by atoms with Crippen molar-refractivity contribution in [3.63, 3.8) is 0 Å². The largest absolute Gasteiger partial charge is 0.393 e. The molecule has 2 N–H and O–H groups in total. The summed E-state index contributed by atoms with van der Waals surface area (Å²) in [4.78, 5) is 11.2. The Labute approximate surface area is 149 Å². The summed E-state index contributed by atoms with van der Waals surface area (Å²) >= 11 is 0. The van der Waals surface area contributed by atoms with Crippen LogP contribution < -0.4 is 0 Å². The fourth-order valence-corrected chi connectivity index (χ4v) is 3.04. The van der Waals surface area contributed by atoms with Crippen molar-refractivity contribution in [3.8, 4) is 0 Å². The summed E-state index contributed by atoms with van der Waals surface area (Å²) in [6.07, 6.45) is 3.11. The SMILES string of the molecule is CC(=O)c1n[nH]c2c1CCC(C(F)F)C2.CCCC(O)CCC(C)C. The minimum atomic E-state index is -2.29. The number of halogens is 2. The number of alkyl halides is 2. The molecule has 2 rings (SSSR count). The van der Waals surface area contributed by atoms with Gasteiger partial charge in [0.2, 0.25) is 6.43 Å². The molecule has 1 aromatic rings. The van der Waals surface area contributed by atoms with Crippen LogP contribution in [-0.2, 0) is 12.8 Å². The number of hydrogen-bond acceptors (Lipinski definition) is 3. The predicted octanol–water partition coefficient (Wildman–Crippen LogP) is 4.57. The molecule has 4 nitrogen and oxygen atoms in total. The van der Waals surface area contributed by atoms with Crippen molar-refractivity contribution in [3.05, 3.63) is 17.0 Å². The van der Waals surface area contributed by atoms with E-state index in [1.54, 1.807) is 0 Å². The monoisotopic (exact) mass is 358 g/mol. The van der Waals surface area contributed by atoms with E-state index in [2.05, 4.69) is 31.0 Å². The van der Waals surface area contributed by atoms with E-state index in [4.69, 9.17) is 0 Å². The highest BCUT2D eigenvalue weighted by molar-refractivity contribution is 5.93. The van der Waals surface area contributed by atoms with Crippen LogP contribution in [0.4, 0.5) is 8.78 Å². The van der Waals surface area contributed by atoms with Crippen LogP contribution in [0.3, 0.4) is 0 Å². The van der Waals surface area contributed by atoms with Crippen molar-refractivity contribution in [2.45, 2.75) is 85.2 Å². The van der Waals surface area contributed by atoms with Crippen LogP contribution in [0.1, 0.15) is 81.5 Å². The van der Waals surface area contributed by atoms with E-state index in [9.17, 15) is 18.7 Å². The number of H-pyrrole nitrogens is 1. The first-order valence-corrected chi connectivity index (χ1v) is 9.29. The molecule has 1 aliphatic carbocycles. The number of carbonyl (C=O) groups is 1. The molecule has 144 valence electrons. The van der Waals surface area contributed by atoms with Gasteiger partial charge in [-0.15, -0.1) is 0 Å². The van der Waals surface area contributed by atoms with Crippen LogP contribution in [0.5, 0.6) is 0 Å². The van der Waals surface area contributed by atoms with Gasteiger partial charge in [0.05, 0.1) is 6.10 Å². The summed E-state index contributed by atoms with van der Waals surface area (Å²) < 4.78 is 25.0. The zero-order valence-electron chi connectivity index (χ0n) is 15.8. The third-order valence-electron chi connectivity index (χ3n) is 4.57. The molecule has 0 aliphatic heterocycles. The average molecular weight is 358 g/mol. The lowest BCUT2D eigenvalue weighted by Crippen LogP contribution is -2.21. The lowest BCUT2D eigenvalue weighted by atomic mass is 9.86. The summed E-state index contributed by atoms with van der Waals surface area (Å²) in [6, 6.07) is 0. The Balaban J connectivity index is 0.000000275. The highest BCUT2D eigenvalue weighted by Gasteiger charge is 2.29. The second-order valence-corrected chi connectivity index (χ2v) is 7.34. The number of nitrogens with one attached hydrogen (secondary N) is 1. The van der Waals surface area contributed by atoms with Crippen molar-refractivity contribution >= 4 is 5.78 Å². The molecule has 0 aromatic carbocycles. The number of rotatable bonds is 7. The molecule has 2 atom stereocenters. The molecule has 1 aromatic heterocycles. The number of Topliss-reactive ketones (excluding diaryl/α,β-unsaturated/α-hetero) is 1. The van der Waals surface area contributed by atoms with Crippen molar-refractivity contribution < 1.29 is 18.7 Å². The van der Waals surface area contributed by atoms with Crippen LogP contribution in [-0.4, -0.2) is 33.6 Å². The van der Waals surface area contributed by atoms with Gasteiger partial charge in [-0.2, -0.15) is 5.10 Å². The van der Waals surface area contributed by atoms with E-state index in [1.165, 1.54) is 6.92 Å². The van der Waals surface area contributed by atoms with E-state index in [0.717, 1.165) is 37.2 Å². The molecule has 0 amide bonds. The van der Waals surface area contributed by atoms with Gasteiger partial charge in [0, 0.05) is 24.1 Å². The van der Waals surface area contributed by atoms with Gasteiger partial charge in [0.15, 0.2) is 5.78 Å². The van der Waals surface area contributed by atoms with Gasteiger partial charge in [0.25, 0.3) is 0 Å². The van der Waals surface area contributed by atoms with E-state index in [0.29, 0.717) is 30.7 Å². The second-order valence-electron chi connectivity index (χ2n) is 7.34. The van der Waals surface area contributed by atoms with Crippen molar-refractivity contribution in [2.24, 2.45) is 11.8 Å². The molecular weight excluding hydrogens is 326 g/mol. The molecule has 0 saturated heterocycles. The number of fused-ring (bicyclic) bond motifs is 1. The lowest BCUT2D eigenvalue weighted by Gasteiger charge is -2.20. The maximum absolute atomic E-state index is 12.5. The Morgan fingerprint density at radius 2 is 2.00 bits per heavy atom. The van der Waals surface area contributed by atoms with E-state index < -0.39 is 12.3 Å². The molecule has 0 saturated carbocycles. The first kappa shape index (κ1) is 21.7. The Bertz CT molecular complexity index is 529. The van der Waals surface area contributed by atoms with Gasteiger partial charge in [-0.1, -0.05) is 27.2 Å². The first-order valence-electron chi connectivity index (χ1n) is 9.29. The highest BCUT2D eigenvalue weighted by atomic mass is 19.3. The molecule has 1 aliphatic rings. The number of aliphatic hydroxyl groups is 1. The van der Waals surface area contributed by atoms with Crippen LogP contribution in [0, 0.1) is 11.8 Å². The fraction of sp³-hybridized carbons (Fsp3) is 0.789. The quantitative estimate of drug-likeness (QED) is 0.702. The number of aromatic amines is 1. The smallest absolute Gasteiger partial charge is 0.241 e. The number of nitrogens with zero attached hydrogens (tertiary/aromatic N) is 1.